The number of thioether (sulfide) groups is 1. The fourth-order valence-corrected chi connectivity index (χ4v) is 3.90. The number of benzene rings is 1. The maximum Gasteiger partial charge on any atom is 0.305 e. The van der Waals surface area contributed by atoms with Crippen molar-refractivity contribution in [1.82, 2.24) is 10.2 Å². The second-order valence-corrected chi connectivity index (χ2v) is 7.64. The molecule has 2 rings (SSSR count). The summed E-state index contributed by atoms with van der Waals surface area (Å²) in [6.45, 7) is 3.46. The number of amides is 2. The molecule has 1 saturated heterocycles. The number of aliphatic carboxylic acids is 1. The van der Waals surface area contributed by atoms with Crippen LogP contribution in [0.5, 0.6) is 0 Å². The summed E-state index contributed by atoms with van der Waals surface area (Å²) in [4.78, 5) is 37.1. The summed E-state index contributed by atoms with van der Waals surface area (Å²) in [5, 5.41) is 11.1. The molecule has 1 aromatic rings. The minimum atomic E-state index is -1.00. The molecule has 0 aliphatic carbocycles. The Labute approximate surface area is 167 Å². The normalized spacial score (nSPS) is 17.3. The molecule has 1 aliphatic rings. The maximum atomic E-state index is 12.7. The lowest BCUT2D eigenvalue weighted by atomic mass is 10.1. The Morgan fingerprint density at radius 2 is 2.00 bits per heavy atom. The maximum absolute atomic E-state index is 12.7. The molecule has 0 saturated carbocycles. The molecule has 1 atom stereocenters. The quantitative estimate of drug-likeness (QED) is 0.537. The third-order valence-electron chi connectivity index (χ3n) is 3.78. The van der Waals surface area contributed by atoms with Crippen molar-refractivity contribution in [2.45, 2.75) is 26.3 Å². The minimum absolute atomic E-state index is 0.00204. The molecule has 0 radical (unpaired) electrons. The number of hydrogen-bond donors (Lipinski definition) is 2. The zero-order valence-corrected chi connectivity index (χ0v) is 16.6. The smallest absolute Gasteiger partial charge is 0.305 e. The number of thiocarbonyl (C=S) groups is 1. The van der Waals surface area contributed by atoms with Crippen LogP contribution in [0.1, 0.15) is 25.8 Å². The summed E-state index contributed by atoms with van der Waals surface area (Å²) >= 11 is 6.41. The molecular weight excluding hydrogens is 384 g/mol. The largest absolute Gasteiger partial charge is 0.481 e. The van der Waals surface area contributed by atoms with Gasteiger partial charge in [-0.15, -0.1) is 0 Å². The molecule has 1 unspecified atom stereocenters. The number of allylic oxidation sites excluding steroid dienone is 2. The first-order valence-corrected chi connectivity index (χ1v) is 9.52. The van der Waals surface area contributed by atoms with Gasteiger partial charge < -0.3 is 10.4 Å². The number of carbonyl (C=O) groups excluding carboxylic acids is 2. The van der Waals surface area contributed by atoms with Crippen molar-refractivity contribution in [3.8, 4) is 0 Å². The van der Waals surface area contributed by atoms with E-state index in [1.165, 1.54) is 4.90 Å². The lowest BCUT2D eigenvalue weighted by Gasteiger charge is -2.22. The molecule has 1 heterocycles. The van der Waals surface area contributed by atoms with Crippen molar-refractivity contribution < 1.29 is 19.5 Å². The van der Waals surface area contributed by atoms with Crippen LogP contribution in [0.3, 0.4) is 0 Å². The van der Waals surface area contributed by atoms with E-state index in [1.54, 1.807) is 13.0 Å². The molecule has 0 aromatic heterocycles. The Morgan fingerprint density at radius 1 is 1.33 bits per heavy atom. The van der Waals surface area contributed by atoms with E-state index in [-0.39, 0.29) is 18.9 Å². The van der Waals surface area contributed by atoms with Gasteiger partial charge >= 0.3 is 5.97 Å². The van der Waals surface area contributed by atoms with E-state index in [1.807, 2.05) is 43.3 Å². The highest BCUT2D eigenvalue weighted by molar-refractivity contribution is 8.26. The summed E-state index contributed by atoms with van der Waals surface area (Å²) in [5.41, 5.74) is 1.91. The molecule has 142 valence electrons. The molecule has 0 bridgehead atoms. The third kappa shape index (κ3) is 5.77. The molecule has 27 heavy (non-hydrogen) atoms. The van der Waals surface area contributed by atoms with Gasteiger partial charge in [-0.25, -0.2) is 0 Å². The monoisotopic (exact) mass is 404 g/mol. The van der Waals surface area contributed by atoms with Gasteiger partial charge in [-0.05, 0) is 31.1 Å². The Hall–Kier alpha value is -2.45. The van der Waals surface area contributed by atoms with Crippen LogP contribution in [-0.4, -0.2) is 44.7 Å². The van der Waals surface area contributed by atoms with Crippen LogP contribution in [-0.2, 0) is 14.4 Å². The highest BCUT2D eigenvalue weighted by atomic mass is 32.2. The standard InChI is InChI=1S/C19H20N2O4S2/c1-12(10-14-6-4-3-5-7-14)11-15-18(25)21(19(26)27-15)13(2)17(24)20-9-8-16(22)23/h3-7,10-11,13H,8-9H2,1-2H3,(H,20,24)(H,22,23)/b12-10+,15-11-. The summed E-state index contributed by atoms with van der Waals surface area (Å²) in [6, 6.07) is 8.92. The SMILES string of the molecule is CC(/C=C1\SC(=S)N(C(C)C(=O)NCCC(=O)O)C1=O)=C\c1ccccc1. The molecule has 1 aromatic carbocycles. The molecule has 0 spiro atoms. The first kappa shape index (κ1) is 20.9. The van der Waals surface area contributed by atoms with Crippen LogP contribution in [0, 0.1) is 0 Å². The average molecular weight is 405 g/mol. The number of carbonyl (C=O) groups is 3. The fraction of sp³-hybridized carbons (Fsp3) is 0.263. The van der Waals surface area contributed by atoms with Gasteiger partial charge in [0.05, 0.1) is 11.3 Å². The molecule has 8 heteroatoms. The molecule has 1 aliphatic heterocycles. The van der Waals surface area contributed by atoms with Gasteiger partial charge in [0.15, 0.2) is 0 Å². The number of carboxylic acids is 1. The average Bonchev–Trinajstić information content (AvgIpc) is 2.88. The summed E-state index contributed by atoms with van der Waals surface area (Å²) in [6.07, 6.45) is 3.52. The number of nitrogens with one attached hydrogen (secondary N) is 1. The predicted octanol–water partition coefficient (Wildman–Crippen LogP) is 2.81. The first-order valence-electron chi connectivity index (χ1n) is 8.29. The Morgan fingerprint density at radius 3 is 2.63 bits per heavy atom. The van der Waals surface area contributed by atoms with Gasteiger partial charge in [0, 0.05) is 6.54 Å². The van der Waals surface area contributed by atoms with E-state index < -0.39 is 17.9 Å². The molecule has 1 fully saturated rings. The zero-order valence-electron chi connectivity index (χ0n) is 15.0. The van der Waals surface area contributed by atoms with Crippen LogP contribution in [0.4, 0.5) is 0 Å². The van der Waals surface area contributed by atoms with Crippen LogP contribution in [0.15, 0.2) is 46.9 Å². The number of nitrogens with zero attached hydrogens (tertiary/aromatic N) is 1. The van der Waals surface area contributed by atoms with Gasteiger partial charge in [0.2, 0.25) is 5.91 Å². The lowest BCUT2D eigenvalue weighted by Crippen LogP contribution is -2.47. The number of carboxylic acid groups (broad SMARTS) is 1. The van der Waals surface area contributed by atoms with Crippen LogP contribution < -0.4 is 5.32 Å². The van der Waals surface area contributed by atoms with Gasteiger partial charge in [0.25, 0.3) is 5.91 Å². The molecule has 2 N–H and O–H groups in total. The number of rotatable bonds is 7. The Bertz CT molecular complexity index is 818. The van der Waals surface area contributed by atoms with Crippen molar-refractivity contribution in [3.63, 3.8) is 0 Å². The highest BCUT2D eigenvalue weighted by Crippen LogP contribution is 2.33. The van der Waals surface area contributed by atoms with E-state index in [0.29, 0.717) is 9.23 Å². The van der Waals surface area contributed by atoms with Gasteiger partial charge in [0.1, 0.15) is 10.4 Å². The van der Waals surface area contributed by atoms with Crippen molar-refractivity contribution in [1.29, 1.82) is 0 Å². The fourth-order valence-electron chi connectivity index (χ4n) is 2.43. The van der Waals surface area contributed by atoms with E-state index in [0.717, 1.165) is 22.9 Å². The topological polar surface area (TPSA) is 86.7 Å². The van der Waals surface area contributed by atoms with E-state index in [2.05, 4.69) is 5.32 Å². The minimum Gasteiger partial charge on any atom is -0.481 e. The van der Waals surface area contributed by atoms with Crippen molar-refractivity contribution in [2.24, 2.45) is 0 Å². The van der Waals surface area contributed by atoms with Crippen LogP contribution >= 0.6 is 24.0 Å². The van der Waals surface area contributed by atoms with E-state index >= 15 is 0 Å². The van der Waals surface area contributed by atoms with Gasteiger partial charge in [-0.3, -0.25) is 19.3 Å². The first-order chi connectivity index (χ1) is 12.8. The van der Waals surface area contributed by atoms with Crippen molar-refractivity contribution in [3.05, 3.63) is 52.4 Å². The Kier molecular flexibility index (Phi) is 7.32. The summed E-state index contributed by atoms with van der Waals surface area (Å²) < 4.78 is 0.305. The Balaban J connectivity index is 2.08. The zero-order chi connectivity index (χ0) is 20.0. The second-order valence-electron chi connectivity index (χ2n) is 5.96. The summed E-state index contributed by atoms with van der Waals surface area (Å²) in [7, 11) is 0. The van der Waals surface area contributed by atoms with Crippen LogP contribution in [0.2, 0.25) is 0 Å². The highest BCUT2D eigenvalue weighted by Gasteiger charge is 2.38. The van der Waals surface area contributed by atoms with Crippen molar-refractivity contribution in [2.75, 3.05) is 6.54 Å². The van der Waals surface area contributed by atoms with Gasteiger partial charge in [-0.1, -0.05) is 60.4 Å². The lowest BCUT2D eigenvalue weighted by molar-refractivity contribution is -0.137. The van der Waals surface area contributed by atoms with Gasteiger partial charge in [-0.2, -0.15) is 0 Å². The number of hydrogen-bond acceptors (Lipinski definition) is 5. The van der Waals surface area contributed by atoms with Crippen molar-refractivity contribution >= 4 is 52.2 Å². The predicted molar refractivity (Wildman–Crippen MR) is 110 cm³/mol. The second kappa shape index (κ2) is 9.48. The van der Waals surface area contributed by atoms with E-state index in [9.17, 15) is 14.4 Å². The molecule has 6 nitrogen and oxygen atoms in total. The third-order valence-corrected chi connectivity index (χ3v) is 5.11. The summed E-state index contributed by atoms with van der Waals surface area (Å²) in [5.74, 6) is -1.77. The van der Waals surface area contributed by atoms with Crippen LogP contribution in [0.25, 0.3) is 6.08 Å². The molecule has 2 amide bonds. The molecular formula is C19H20N2O4S2. The van der Waals surface area contributed by atoms with E-state index in [4.69, 9.17) is 17.3 Å².